The molecule has 0 fully saturated rings. The summed E-state index contributed by atoms with van der Waals surface area (Å²) in [6, 6.07) is 4.46. The number of rotatable bonds is 3. The fraction of sp³-hybridized carbons (Fsp3) is 0.250. The van der Waals surface area contributed by atoms with Gasteiger partial charge in [-0.3, -0.25) is 0 Å². The molecule has 0 saturated heterocycles. The second kappa shape index (κ2) is 4.47. The lowest BCUT2D eigenvalue weighted by molar-refractivity contribution is 0.0562. The summed E-state index contributed by atoms with van der Waals surface area (Å²) in [7, 11) is 1.29. The zero-order valence-electron chi connectivity index (χ0n) is 9.60. The largest absolute Gasteiger partial charge is 0.467 e. The zero-order chi connectivity index (χ0) is 12.4. The maximum atomic E-state index is 11.2. The predicted molar refractivity (Wildman–Crippen MR) is 59.5 cm³/mol. The fourth-order valence-corrected chi connectivity index (χ4v) is 1.56. The highest BCUT2D eigenvalue weighted by molar-refractivity contribution is 5.86. The highest BCUT2D eigenvalue weighted by Gasteiger charge is 2.20. The third kappa shape index (κ3) is 2.09. The number of methoxy groups -OCH3 is 1. The van der Waals surface area contributed by atoms with Gasteiger partial charge in [-0.1, -0.05) is 0 Å². The van der Waals surface area contributed by atoms with E-state index in [1.54, 1.807) is 12.3 Å². The van der Waals surface area contributed by atoms with E-state index in [0.717, 1.165) is 5.56 Å². The normalized spacial score (nSPS) is 12.4. The van der Waals surface area contributed by atoms with Crippen molar-refractivity contribution in [2.45, 2.75) is 13.0 Å². The van der Waals surface area contributed by atoms with Crippen LogP contribution in [-0.4, -0.2) is 13.1 Å². The van der Waals surface area contributed by atoms with Gasteiger partial charge in [-0.15, -0.1) is 0 Å². The van der Waals surface area contributed by atoms with Crippen molar-refractivity contribution in [1.29, 1.82) is 0 Å². The molecule has 2 aromatic heterocycles. The molecule has 5 heteroatoms. The Labute approximate surface area is 98.2 Å². The van der Waals surface area contributed by atoms with Gasteiger partial charge in [-0.2, -0.15) is 0 Å². The van der Waals surface area contributed by atoms with Crippen molar-refractivity contribution in [3.8, 4) is 0 Å². The Morgan fingerprint density at radius 2 is 2.18 bits per heavy atom. The van der Waals surface area contributed by atoms with Crippen LogP contribution in [0.5, 0.6) is 0 Å². The minimum absolute atomic E-state index is 0.127. The third-order valence-electron chi connectivity index (χ3n) is 2.50. The Morgan fingerprint density at radius 3 is 2.76 bits per heavy atom. The average Bonchev–Trinajstić information content (AvgIpc) is 2.95. The molecule has 5 nitrogen and oxygen atoms in total. The first kappa shape index (κ1) is 11.5. The lowest BCUT2D eigenvalue weighted by Crippen LogP contribution is -2.11. The summed E-state index contributed by atoms with van der Waals surface area (Å²) >= 11 is 0. The summed E-state index contributed by atoms with van der Waals surface area (Å²) in [5.41, 5.74) is 6.92. The number of ether oxygens (including phenoxy) is 1. The van der Waals surface area contributed by atoms with Gasteiger partial charge in [0.2, 0.25) is 5.76 Å². The van der Waals surface area contributed by atoms with Crippen LogP contribution in [0.3, 0.4) is 0 Å². The quantitative estimate of drug-likeness (QED) is 0.823. The number of nitrogens with two attached hydrogens (primary N) is 1. The molecule has 2 aromatic rings. The molecule has 0 aromatic carbocycles. The molecule has 0 aliphatic heterocycles. The number of esters is 1. The van der Waals surface area contributed by atoms with Crippen molar-refractivity contribution in [2.75, 3.05) is 7.11 Å². The summed E-state index contributed by atoms with van der Waals surface area (Å²) < 4.78 is 15.1. The molecule has 2 heterocycles. The summed E-state index contributed by atoms with van der Waals surface area (Å²) in [6.07, 6.45) is 1.56. The molecule has 0 aliphatic carbocycles. The van der Waals surface area contributed by atoms with Crippen LogP contribution in [0.4, 0.5) is 0 Å². The van der Waals surface area contributed by atoms with Crippen LogP contribution in [-0.2, 0) is 4.74 Å². The maximum Gasteiger partial charge on any atom is 0.373 e. The number of carbonyl (C=O) groups excluding carboxylic acids is 1. The number of hydrogen-bond acceptors (Lipinski definition) is 5. The second-order valence-corrected chi connectivity index (χ2v) is 3.64. The van der Waals surface area contributed by atoms with Crippen molar-refractivity contribution >= 4 is 5.97 Å². The van der Waals surface area contributed by atoms with Crippen molar-refractivity contribution in [3.63, 3.8) is 0 Å². The SMILES string of the molecule is COC(=O)c1ccc(C(N)c2occc2C)o1. The van der Waals surface area contributed by atoms with Crippen LogP contribution in [0.15, 0.2) is 33.3 Å². The average molecular weight is 235 g/mol. The van der Waals surface area contributed by atoms with Gasteiger partial charge in [-0.25, -0.2) is 4.79 Å². The Hall–Kier alpha value is -2.01. The lowest BCUT2D eigenvalue weighted by atomic mass is 10.1. The van der Waals surface area contributed by atoms with E-state index in [-0.39, 0.29) is 5.76 Å². The Morgan fingerprint density at radius 1 is 1.41 bits per heavy atom. The van der Waals surface area contributed by atoms with E-state index in [1.807, 2.05) is 13.0 Å². The van der Waals surface area contributed by atoms with E-state index in [2.05, 4.69) is 4.74 Å². The molecule has 0 aliphatic rings. The predicted octanol–water partition coefficient (Wildman–Crippen LogP) is 2.02. The highest BCUT2D eigenvalue weighted by Crippen LogP contribution is 2.25. The van der Waals surface area contributed by atoms with Gasteiger partial charge in [0, 0.05) is 0 Å². The van der Waals surface area contributed by atoms with Gasteiger partial charge in [0.15, 0.2) is 0 Å². The molecular weight excluding hydrogens is 222 g/mol. The van der Waals surface area contributed by atoms with Gasteiger partial charge in [-0.05, 0) is 30.7 Å². The van der Waals surface area contributed by atoms with E-state index in [1.165, 1.54) is 13.2 Å². The molecule has 0 amide bonds. The fourth-order valence-electron chi connectivity index (χ4n) is 1.56. The van der Waals surface area contributed by atoms with Crippen molar-refractivity contribution in [1.82, 2.24) is 0 Å². The van der Waals surface area contributed by atoms with Crippen LogP contribution < -0.4 is 5.73 Å². The third-order valence-corrected chi connectivity index (χ3v) is 2.50. The molecule has 2 N–H and O–H groups in total. The van der Waals surface area contributed by atoms with Gasteiger partial charge < -0.3 is 19.3 Å². The number of hydrogen-bond donors (Lipinski definition) is 1. The van der Waals surface area contributed by atoms with E-state index in [0.29, 0.717) is 11.5 Å². The molecule has 1 atom stereocenters. The Bertz CT molecular complexity index is 526. The van der Waals surface area contributed by atoms with Crippen molar-refractivity contribution in [3.05, 3.63) is 47.3 Å². The first-order valence-electron chi connectivity index (χ1n) is 5.11. The van der Waals surface area contributed by atoms with Gasteiger partial charge in [0.05, 0.1) is 13.4 Å². The Kier molecular flexibility index (Phi) is 3.01. The molecule has 17 heavy (non-hydrogen) atoms. The van der Waals surface area contributed by atoms with Crippen molar-refractivity contribution < 1.29 is 18.4 Å². The summed E-state index contributed by atoms with van der Waals surface area (Å²) in [6.45, 7) is 1.89. The smallest absolute Gasteiger partial charge is 0.373 e. The zero-order valence-corrected chi connectivity index (χ0v) is 9.60. The minimum Gasteiger partial charge on any atom is -0.467 e. The molecule has 1 unspecified atom stereocenters. The number of aryl methyl sites for hydroxylation is 1. The van der Waals surface area contributed by atoms with E-state index in [9.17, 15) is 4.79 Å². The maximum absolute atomic E-state index is 11.2. The summed E-state index contributed by atoms with van der Waals surface area (Å²) in [5.74, 6) is 0.681. The van der Waals surface area contributed by atoms with Gasteiger partial charge in [0.1, 0.15) is 17.6 Å². The molecule has 0 spiro atoms. The monoisotopic (exact) mass is 235 g/mol. The first-order valence-corrected chi connectivity index (χ1v) is 5.11. The number of furan rings is 2. The van der Waals surface area contributed by atoms with E-state index in [4.69, 9.17) is 14.6 Å². The molecular formula is C12H13NO4. The Balaban J connectivity index is 2.26. The second-order valence-electron chi connectivity index (χ2n) is 3.64. The highest BCUT2D eigenvalue weighted by atomic mass is 16.5. The molecule has 90 valence electrons. The molecule has 0 radical (unpaired) electrons. The van der Waals surface area contributed by atoms with Crippen LogP contribution in [0, 0.1) is 6.92 Å². The van der Waals surface area contributed by atoms with Crippen molar-refractivity contribution in [2.24, 2.45) is 5.73 Å². The van der Waals surface area contributed by atoms with Crippen LogP contribution in [0.2, 0.25) is 0 Å². The summed E-state index contributed by atoms with van der Waals surface area (Å²) in [4.78, 5) is 11.2. The van der Waals surface area contributed by atoms with E-state index < -0.39 is 12.0 Å². The standard InChI is InChI=1S/C12H13NO4/c1-7-5-6-16-11(7)10(13)8-3-4-9(17-8)12(14)15-2/h3-6,10H,13H2,1-2H3. The lowest BCUT2D eigenvalue weighted by Gasteiger charge is -2.06. The van der Waals surface area contributed by atoms with Gasteiger partial charge >= 0.3 is 5.97 Å². The van der Waals surface area contributed by atoms with Crippen LogP contribution in [0.25, 0.3) is 0 Å². The summed E-state index contributed by atoms with van der Waals surface area (Å²) in [5, 5.41) is 0. The molecule has 0 saturated carbocycles. The van der Waals surface area contributed by atoms with Crippen LogP contribution >= 0.6 is 0 Å². The molecule has 2 rings (SSSR count). The first-order chi connectivity index (χ1) is 8.13. The van der Waals surface area contributed by atoms with Crippen LogP contribution in [0.1, 0.15) is 33.7 Å². The van der Waals surface area contributed by atoms with E-state index >= 15 is 0 Å². The topological polar surface area (TPSA) is 78.6 Å². The number of carbonyl (C=O) groups is 1. The van der Waals surface area contributed by atoms with Gasteiger partial charge in [0.25, 0.3) is 0 Å². The molecule has 0 bridgehead atoms. The minimum atomic E-state index is -0.528.